The summed E-state index contributed by atoms with van der Waals surface area (Å²) in [5.41, 5.74) is 0.468. The van der Waals surface area contributed by atoms with Crippen LogP contribution in [0.2, 0.25) is 0 Å². The fourth-order valence-electron chi connectivity index (χ4n) is 3.13. The number of aliphatic imine (C=N–C) groups is 1. The van der Waals surface area contributed by atoms with Gasteiger partial charge in [0, 0.05) is 6.26 Å². The van der Waals surface area contributed by atoms with Crippen molar-refractivity contribution in [3.63, 3.8) is 0 Å². The topological polar surface area (TPSA) is 131 Å². The molecule has 0 saturated carbocycles. The van der Waals surface area contributed by atoms with E-state index in [0.717, 1.165) is 28.9 Å². The van der Waals surface area contributed by atoms with Gasteiger partial charge in [-0.1, -0.05) is 24.3 Å². The normalized spacial score (nSPS) is 16.8. The number of nitrogens with zero attached hydrogens (tertiary/aromatic N) is 3. The van der Waals surface area contributed by atoms with E-state index in [-0.39, 0.29) is 28.4 Å². The molecule has 0 bridgehead atoms. The monoisotopic (exact) mass is 500 g/mol. The molecule has 2 aliphatic heterocycles. The second kappa shape index (κ2) is 9.69. The lowest BCUT2D eigenvalue weighted by Crippen LogP contribution is -2.45. The number of carbonyl (C=O) groups is 1. The molecule has 0 saturated heterocycles. The first-order chi connectivity index (χ1) is 16.3. The summed E-state index contributed by atoms with van der Waals surface area (Å²) in [7, 11) is -2.23. The van der Waals surface area contributed by atoms with Gasteiger partial charge in [0.15, 0.2) is 11.5 Å². The van der Waals surface area contributed by atoms with Gasteiger partial charge < -0.3 is 14.2 Å². The van der Waals surface area contributed by atoms with Crippen LogP contribution < -0.4 is 14.2 Å². The van der Waals surface area contributed by atoms with Gasteiger partial charge in [0.2, 0.25) is 20.2 Å². The van der Waals surface area contributed by atoms with Crippen LogP contribution in [0.5, 0.6) is 17.2 Å². The smallest absolute Gasteiger partial charge is 0.283 e. The average Bonchev–Trinajstić information content (AvgIpc) is 3.25. The van der Waals surface area contributed by atoms with Crippen molar-refractivity contribution in [3.05, 3.63) is 59.7 Å². The summed E-state index contributed by atoms with van der Waals surface area (Å²) in [5, 5.41) is 8.11. The lowest BCUT2D eigenvalue weighted by molar-refractivity contribution is -0.114. The van der Waals surface area contributed by atoms with Crippen molar-refractivity contribution in [2.75, 3.05) is 26.6 Å². The number of sulfone groups is 1. The van der Waals surface area contributed by atoms with Crippen LogP contribution in [0.1, 0.15) is 5.56 Å². The quantitative estimate of drug-likeness (QED) is 0.349. The van der Waals surface area contributed by atoms with Gasteiger partial charge in [-0.25, -0.2) is 13.3 Å². The van der Waals surface area contributed by atoms with E-state index in [0.29, 0.717) is 23.7 Å². The van der Waals surface area contributed by atoms with Crippen LogP contribution in [-0.4, -0.2) is 62.0 Å². The molecule has 0 unspecified atom stereocenters. The van der Waals surface area contributed by atoms with Gasteiger partial charge in [0.1, 0.15) is 24.8 Å². The second-order valence-corrected chi connectivity index (χ2v) is 9.74. The third-order valence-electron chi connectivity index (χ3n) is 4.68. The number of amides is 1. The Labute approximate surface area is 200 Å². The Bertz CT molecular complexity index is 1340. The van der Waals surface area contributed by atoms with E-state index < -0.39 is 15.7 Å². The number of benzene rings is 2. The highest BCUT2D eigenvalue weighted by Crippen LogP contribution is 2.32. The molecule has 34 heavy (non-hydrogen) atoms. The number of hydrogen-bond donors (Lipinski definition) is 1. The number of amidine groups is 3. The molecule has 0 radical (unpaired) electrons. The van der Waals surface area contributed by atoms with Crippen molar-refractivity contribution >= 4 is 49.9 Å². The molecule has 2 aromatic carbocycles. The largest absolute Gasteiger partial charge is 0.493 e. The Hall–Kier alpha value is -3.64. The van der Waals surface area contributed by atoms with E-state index in [1.807, 2.05) is 30.3 Å². The highest BCUT2D eigenvalue weighted by atomic mass is 32.2. The van der Waals surface area contributed by atoms with E-state index in [9.17, 15) is 13.2 Å². The molecule has 0 aliphatic carbocycles. The number of methoxy groups -OCH3 is 1. The number of fused-ring (bicyclic) bond motifs is 1. The maximum Gasteiger partial charge on any atom is 0.283 e. The summed E-state index contributed by atoms with van der Waals surface area (Å²) < 4.78 is 44.6. The molecule has 0 spiro atoms. The number of carbonyl (C=O) groups excluding carboxylic acids is 1. The van der Waals surface area contributed by atoms with Gasteiger partial charge in [-0.05, 0) is 35.9 Å². The summed E-state index contributed by atoms with van der Waals surface area (Å²) in [4.78, 5) is 17.4. The minimum absolute atomic E-state index is 0.0339. The van der Waals surface area contributed by atoms with E-state index in [1.165, 1.54) is 13.2 Å². The Balaban J connectivity index is 1.50. The molecule has 4 rings (SSSR count). The average molecular weight is 501 g/mol. The van der Waals surface area contributed by atoms with Gasteiger partial charge in [-0.3, -0.25) is 10.2 Å². The number of para-hydroxylation sites is 1. The molecule has 1 N–H and O–H groups in total. The number of rotatable bonds is 7. The predicted molar refractivity (Wildman–Crippen MR) is 130 cm³/mol. The highest BCUT2D eigenvalue weighted by Gasteiger charge is 2.41. The Kier molecular flexibility index (Phi) is 6.70. The molecule has 10 nitrogen and oxygen atoms in total. The molecule has 1 amide bonds. The first-order valence-corrected chi connectivity index (χ1v) is 12.6. The van der Waals surface area contributed by atoms with Crippen LogP contribution in [0.25, 0.3) is 6.08 Å². The van der Waals surface area contributed by atoms with Crippen LogP contribution in [0.15, 0.2) is 63.5 Å². The molecule has 0 atom stereocenters. The Morgan fingerprint density at radius 1 is 1.09 bits per heavy atom. The zero-order chi connectivity index (χ0) is 24.3. The van der Waals surface area contributed by atoms with Crippen molar-refractivity contribution in [2.45, 2.75) is 0 Å². The highest BCUT2D eigenvalue weighted by molar-refractivity contribution is 8.16. The Morgan fingerprint density at radius 3 is 2.53 bits per heavy atom. The van der Waals surface area contributed by atoms with Gasteiger partial charge in [-0.2, -0.15) is 9.39 Å². The standard InChI is InChI=1S/C22H20N4O6S2/c1-30-18-13-14(8-9-17(18)32-11-10-31-15-6-4-3-5-7-15)12-16-19(23)26-21(24-20(16)27)33-25-22(26)34(2,28)29/h3-9,12-13,23H,10-11H2,1-2H3. The third-order valence-corrected chi connectivity index (χ3v) is 6.43. The van der Waals surface area contributed by atoms with Crippen LogP contribution in [0.3, 0.4) is 0 Å². The second-order valence-electron chi connectivity index (χ2n) is 7.10. The van der Waals surface area contributed by atoms with Gasteiger partial charge in [-0.15, -0.1) is 0 Å². The summed E-state index contributed by atoms with van der Waals surface area (Å²) in [6.07, 6.45) is 2.43. The maximum absolute atomic E-state index is 12.5. The van der Waals surface area contributed by atoms with Crippen LogP contribution in [-0.2, 0) is 14.6 Å². The first-order valence-electron chi connectivity index (χ1n) is 9.95. The van der Waals surface area contributed by atoms with Crippen molar-refractivity contribution in [1.82, 2.24) is 4.90 Å². The minimum Gasteiger partial charge on any atom is -0.493 e. The molecule has 12 heteroatoms. The van der Waals surface area contributed by atoms with Gasteiger partial charge in [0.05, 0.1) is 24.6 Å². The summed E-state index contributed by atoms with van der Waals surface area (Å²) >= 11 is 0.742. The molecular weight excluding hydrogens is 480 g/mol. The fourth-order valence-corrected chi connectivity index (χ4v) is 4.97. The minimum atomic E-state index is -3.72. The maximum atomic E-state index is 12.5. The summed E-state index contributed by atoms with van der Waals surface area (Å²) in [5.74, 6) is 0.663. The van der Waals surface area contributed by atoms with Gasteiger partial charge >= 0.3 is 0 Å². The molecule has 0 aromatic heterocycles. The van der Waals surface area contributed by atoms with E-state index in [2.05, 4.69) is 9.39 Å². The van der Waals surface area contributed by atoms with Crippen molar-refractivity contribution in [3.8, 4) is 17.2 Å². The van der Waals surface area contributed by atoms with Crippen molar-refractivity contribution < 1.29 is 27.4 Å². The molecule has 176 valence electrons. The molecule has 2 aliphatic rings. The van der Waals surface area contributed by atoms with E-state index >= 15 is 0 Å². The molecule has 0 fully saturated rings. The fraction of sp³-hybridized carbons (Fsp3) is 0.182. The van der Waals surface area contributed by atoms with Gasteiger partial charge in [0.25, 0.3) is 5.91 Å². The lowest BCUT2D eigenvalue weighted by Gasteiger charge is -2.23. The molecule has 2 heterocycles. The SMILES string of the molecule is COc1cc(C=C2C(=N)N3C(=NC2=O)SN=C3S(C)(=O)=O)ccc1OCCOc1ccccc1. The zero-order valence-corrected chi connectivity index (χ0v) is 19.9. The first kappa shape index (κ1) is 23.5. The van der Waals surface area contributed by atoms with Crippen molar-refractivity contribution in [2.24, 2.45) is 9.39 Å². The molecular formula is C22H20N4O6S2. The number of ether oxygens (including phenoxy) is 3. The summed E-state index contributed by atoms with van der Waals surface area (Å²) in [6, 6.07) is 14.4. The Morgan fingerprint density at radius 2 is 1.82 bits per heavy atom. The van der Waals surface area contributed by atoms with E-state index in [4.69, 9.17) is 19.6 Å². The van der Waals surface area contributed by atoms with Crippen molar-refractivity contribution in [1.29, 1.82) is 5.41 Å². The van der Waals surface area contributed by atoms with Crippen LogP contribution in [0, 0.1) is 5.41 Å². The van der Waals surface area contributed by atoms with Crippen LogP contribution in [0.4, 0.5) is 0 Å². The zero-order valence-electron chi connectivity index (χ0n) is 18.2. The van der Waals surface area contributed by atoms with Crippen LogP contribution >= 0.6 is 11.9 Å². The third kappa shape index (κ3) is 4.97. The molecule has 2 aromatic rings. The number of hydrogen-bond acceptors (Lipinski definition) is 9. The number of nitrogens with one attached hydrogen (secondary N) is 1. The lowest BCUT2D eigenvalue weighted by atomic mass is 10.1. The van der Waals surface area contributed by atoms with E-state index in [1.54, 1.807) is 18.2 Å². The predicted octanol–water partition coefficient (Wildman–Crippen LogP) is 2.77. The summed E-state index contributed by atoms with van der Waals surface area (Å²) in [6.45, 7) is 0.621.